The third-order valence-electron chi connectivity index (χ3n) is 6.13. The van der Waals surface area contributed by atoms with Crippen LogP contribution in [0, 0.1) is 0 Å². The second-order valence-electron chi connectivity index (χ2n) is 8.80. The van der Waals surface area contributed by atoms with Crippen LogP contribution in [0.25, 0.3) is 0 Å². The molecule has 6 heteroatoms. The monoisotopic (exact) mass is 449 g/mol. The van der Waals surface area contributed by atoms with Crippen molar-refractivity contribution in [2.45, 2.75) is 58.0 Å². The smallest absolute Gasteiger partial charge is 0.245 e. The first-order valence-electron chi connectivity index (χ1n) is 11.9. The van der Waals surface area contributed by atoms with Gasteiger partial charge in [-0.15, -0.1) is 0 Å². The van der Waals surface area contributed by atoms with Crippen LogP contribution in [0.1, 0.15) is 44.2 Å². The Balaban J connectivity index is 1.67. The van der Waals surface area contributed by atoms with Gasteiger partial charge in [-0.1, -0.05) is 74.0 Å². The fourth-order valence-corrected chi connectivity index (χ4v) is 4.30. The standard InChI is InChI=1S/C27H35N3O3/c1-3-4-15-26(32)30-17-16-29(20-21(30)2)27(33)24(18-22-11-7-5-8-12-22)28-25(31)19-23-13-9-6-10-14-23/h5-14,21,24H,3-4,15-20H2,1-2H3,(H,28,31). The van der Waals surface area contributed by atoms with Crippen molar-refractivity contribution < 1.29 is 14.4 Å². The Morgan fingerprint density at radius 1 is 0.970 bits per heavy atom. The summed E-state index contributed by atoms with van der Waals surface area (Å²) in [6.07, 6.45) is 3.10. The van der Waals surface area contributed by atoms with Crippen LogP contribution in [-0.4, -0.2) is 59.2 Å². The molecule has 2 atom stereocenters. The molecule has 1 saturated heterocycles. The average molecular weight is 450 g/mol. The molecule has 0 saturated carbocycles. The summed E-state index contributed by atoms with van der Waals surface area (Å²) in [5.74, 6) is -0.0990. The molecule has 2 unspecified atom stereocenters. The Kier molecular flexibility index (Phi) is 9.04. The van der Waals surface area contributed by atoms with E-state index in [0.29, 0.717) is 32.5 Å². The highest BCUT2D eigenvalue weighted by molar-refractivity contribution is 5.89. The molecule has 33 heavy (non-hydrogen) atoms. The lowest BCUT2D eigenvalue weighted by molar-refractivity contribution is -0.144. The van der Waals surface area contributed by atoms with E-state index in [4.69, 9.17) is 0 Å². The predicted octanol–water partition coefficient (Wildman–Crippen LogP) is 3.21. The maximum Gasteiger partial charge on any atom is 0.245 e. The van der Waals surface area contributed by atoms with Gasteiger partial charge in [-0.05, 0) is 24.5 Å². The van der Waals surface area contributed by atoms with Gasteiger partial charge in [-0.2, -0.15) is 0 Å². The molecule has 3 amide bonds. The van der Waals surface area contributed by atoms with Crippen molar-refractivity contribution in [3.8, 4) is 0 Å². The Labute approximate surface area is 197 Å². The minimum absolute atomic E-state index is 0.0375. The predicted molar refractivity (Wildman–Crippen MR) is 130 cm³/mol. The first kappa shape index (κ1) is 24.5. The molecule has 0 spiro atoms. The van der Waals surface area contributed by atoms with E-state index in [2.05, 4.69) is 12.2 Å². The normalized spacial score (nSPS) is 16.8. The zero-order valence-electron chi connectivity index (χ0n) is 19.7. The Hall–Kier alpha value is -3.15. The van der Waals surface area contributed by atoms with E-state index < -0.39 is 6.04 Å². The van der Waals surface area contributed by atoms with Gasteiger partial charge in [0.05, 0.1) is 6.42 Å². The van der Waals surface area contributed by atoms with Crippen LogP contribution >= 0.6 is 0 Å². The number of unbranched alkanes of at least 4 members (excludes halogenated alkanes) is 1. The van der Waals surface area contributed by atoms with Crippen molar-refractivity contribution >= 4 is 17.7 Å². The number of hydrogen-bond donors (Lipinski definition) is 1. The first-order chi connectivity index (χ1) is 16.0. The molecule has 0 radical (unpaired) electrons. The van der Waals surface area contributed by atoms with Gasteiger partial charge in [0.25, 0.3) is 0 Å². The van der Waals surface area contributed by atoms with Gasteiger partial charge < -0.3 is 15.1 Å². The molecule has 1 N–H and O–H groups in total. The molecule has 0 aliphatic carbocycles. The van der Waals surface area contributed by atoms with Crippen LogP contribution in [-0.2, 0) is 27.2 Å². The number of nitrogens with zero attached hydrogens (tertiary/aromatic N) is 2. The van der Waals surface area contributed by atoms with Crippen LogP contribution in [0.4, 0.5) is 0 Å². The summed E-state index contributed by atoms with van der Waals surface area (Å²) in [4.78, 5) is 42.5. The molecule has 2 aromatic rings. The van der Waals surface area contributed by atoms with E-state index in [9.17, 15) is 14.4 Å². The van der Waals surface area contributed by atoms with Crippen LogP contribution in [0.3, 0.4) is 0 Å². The summed E-state index contributed by atoms with van der Waals surface area (Å²) in [7, 11) is 0. The lowest BCUT2D eigenvalue weighted by atomic mass is 10.0. The fourth-order valence-electron chi connectivity index (χ4n) is 4.30. The maximum absolute atomic E-state index is 13.5. The fraction of sp³-hybridized carbons (Fsp3) is 0.444. The summed E-state index contributed by atoms with van der Waals surface area (Å²) in [6.45, 7) is 5.57. The van der Waals surface area contributed by atoms with E-state index >= 15 is 0 Å². The molecule has 0 aromatic heterocycles. The summed E-state index contributed by atoms with van der Waals surface area (Å²) < 4.78 is 0. The number of hydrogen-bond acceptors (Lipinski definition) is 3. The summed E-state index contributed by atoms with van der Waals surface area (Å²) in [6, 6.07) is 18.6. The molecule has 1 heterocycles. The summed E-state index contributed by atoms with van der Waals surface area (Å²) in [5, 5.41) is 2.98. The molecule has 176 valence electrons. The second-order valence-corrected chi connectivity index (χ2v) is 8.80. The Morgan fingerprint density at radius 3 is 2.21 bits per heavy atom. The van der Waals surface area contributed by atoms with E-state index in [1.165, 1.54) is 0 Å². The molecule has 3 rings (SSSR count). The van der Waals surface area contributed by atoms with Crippen molar-refractivity contribution in [1.82, 2.24) is 15.1 Å². The molecule has 6 nitrogen and oxygen atoms in total. The zero-order chi connectivity index (χ0) is 23.6. The zero-order valence-corrected chi connectivity index (χ0v) is 19.7. The summed E-state index contributed by atoms with van der Waals surface area (Å²) in [5.41, 5.74) is 1.91. The summed E-state index contributed by atoms with van der Waals surface area (Å²) >= 11 is 0. The van der Waals surface area contributed by atoms with E-state index in [-0.39, 0.29) is 30.2 Å². The van der Waals surface area contributed by atoms with Crippen LogP contribution < -0.4 is 5.32 Å². The van der Waals surface area contributed by atoms with Gasteiger partial charge >= 0.3 is 0 Å². The van der Waals surface area contributed by atoms with Crippen LogP contribution in [0.2, 0.25) is 0 Å². The Bertz CT molecular complexity index is 917. The van der Waals surface area contributed by atoms with Gasteiger partial charge in [0.15, 0.2) is 0 Å². The van der Waals surface area contributed by atoms with Gasteiger partial charge in [0, 0.05) is 38.5 Å². The highest BCUT2D eigenvalue weighted by atomic mass is 16.2. The Morgan fingerprint density at radius 2 is 1.61 bits per heavy atom. The van der Waals surface area contributed by atoms with Gasteiger partial charge in [0.2, 0.25) is 17.7 Å². The largest absolute Gasteiger partial charge is 0.344 e. The number of rotatable bonds is 9. The highest BCUT2D eigenvalue weighted by Crippen LogP contribution is 2.15. The minimum atomic E-state index is -0.641. The molecular formula is C27H35N3O3. The van der Waals surface area contributed by atoms with Crippen molar-refractivity contribution in [2.24, 2.45) is 0 Å². The van der Waals surface area contributed by atoms with Crippen molar-refractivity contribution in [1.29, 1.82) is 0 Å². The quantitative estimate of drug-likeness (QED) is 0.639. The third-order valence-corrected chi connectivity index (χ3v) is 6.13. The lowest BCUT2D eigenvalue weighted by Gasteiger charge is -2.41. The van der Waals surface area contributed by atoms with Crippen molar-refractivity contribution in [3.05, 3.63) is 71.8 Å². The first-order valence-corrected chi connectivity index (χ1v) is 11.9. The number of carbonyl (C=O) groups excluding carboxylic acids is 3. The number of benzene rings is 2. The SMILES string of the molecule is CCCCC(=O)N1CCN(C(=O)C(Cc2ccccc2)NC(=O)Cc2ccccc2)CC1C. The number of piperazine rings is 1. The number of amides is 3. The lowest BCUT2D eigenvalue weighted by Crippen LogP contribution is -2.59. The van der Waals surface area contributed by atoms with Crippen LogP contribution in [0.15, 0.2) is 60.7 Å². The molecule has 1 aliphatic rings. The molecular weight excluding hydrogens is 414 g/mol. The van der Waals surface area contributed by atoms with E-state index in [1.54, 1.807) is 4.90 Å². The average Bonchev–Trinajstić information content (AvgIpc) is 2.82. The molecule has 1 fully saturated rings. The molecule has 2 aromatic carbocycles. The van der Waals surface area contributed by atoms with Crippen LogP contribution in [0.5, 0.6) is 0 Å². The molecule has 1 aliphatic heterocycles. The van der Waals surface area contributed by atoms with Gasteiger partial charge in [-0.25, -0.2) is 0 Å². The molecule has 0 bridgehead atoms. The van der Waals surface area contributed by atoms with E-state index in [1.807, 2.05) is 72.5 Å². The third kappa shape index (κ3) is 7.17. The maximum atomic E-state index is 13.5. The topological polar surface area (TPSA) is 69.7 Å². The highest BCUT2D eigenvalue weighted by Gasteiger charge is 2.33. The van der Waals surface area contributed by atoms with Gasteiger partial charge in [0.1, 0.15) is 6.04 Å². The number of nitrogens with one attached hydrogen (secondary N) is 1. The van der Waals surface area contributed by atoms with Crippen molar-refractivity contribution in [2.75, 3.05) is 19.6 Å². The number of carbonyl (C=O) groups is 3. The van der Waals surface area contributed by atoms with Crippen molar-refractivity contribution in [3.63, 3.8) is 0 Å². The second kappa shape index (κ2) is 12.2. The van der Waals surface area contributed by atoms with E-state index in [0.717, 1.165) is 24.0 Å². The minimum Gasteiger partial charge on any atom is -0.344 e. The van der Waals surface area contributed by atoms with Gasteiger partial charge in [-0.3, -0.25) is 14.4 Å².